The van der Waals surface area contributed by atoms with E-state index in [1.807, 2.05) is 23.1 Å². The first kappa shape index (κ1) is 22.0. The monoisotopic (exact) mass is 415 g/mol. The molecule has 0 aliphatic carbocycles. The van der Waals surface area contributed by atoms with Gasteiger partial charge in [-0.15, -0.1) is 12.4 Å². The van der Waals surface area contributed by atoms with Crippen LogP contribution in [0.4, 0.5) is 0 Å². The Morgan fingerprint density at radius 3 is 2.41 bits per heavy atom. The van der Waals surface area contributed by atoms with Crippen molar-refractivity contribution >= 4 is 35.8 Å². The normalized spacial score (nSPS) is 19.3. The van der Waals surface area contributed by atoms with E-state index in [9.17, 15) is 9.59 Å². The number of halogens is 2. The van der Waals surface area contributed by atoms with Crippen LogP contribution in [0.25, 0.3) is 0 Å². The predicted octanol–water partition coefficient (Wildman–Crippen LogP) is 1.73. The molecule has 2 N–H and O–H groups in total. The lowest BCUT2D eigenvalue weighted by atomic mass is 9.91. The van der Waals surface area contributed by atoms with Crippen LogP contribution in [0.2, 0.25) is 5.02 Å². The third-order valence-corrected chi connectivity index (χ3v) is 5.48. The van der Waals surface area contributed by atoms with E-state index in [-0.39, 0.29) is 30.1 Å². The predicted molar refractivity (Wildman–Crippen MR) is 107 cm³/mol. The quantitative estimate of drug-likeness (QED) is 0.811. The molecule has 1 atom stereocenters. The molecule has 2 amide bonds. The molecule has 1 aromatic rings. The molecule has 8 heteroatoms. The zero-order chi connectivity index (χ0) is 18.5. The number of carbonyl (C=O) groups excluding carboxylic acids is 2. The number of hydrogen-bond acceptors (Lipinski definition) is 4. The number of amides is 2. The third kappa shape index (κ3) is 5.82. The molecule has 2 heterocycles. The van der Waals surface area contributed by atoms with E-state index >= 15 is 0 Å². The number of piperazine rings is 1. The largest absolute Gasteiger partial charge is 0.381 e. The fraction of sp³-hybridized carbons (Fsp3) is 0.579. The van der Waals surface area contributed by atoms with E-state index in [1.165, 1.54) is 0 Å². The summed E-state index contributed by atoms with van der Waals surface area (Å²) in [6.07, 6.45) is 2.01. The molecule has 1 unspecified atom stereocenters. The van der Waals surface area contributed by atoms with E-state index in [2.05, 4.69) is 0 Å². The maximum atomic E-state index is 12.6. The zero-order valence-corrected chi connectivity index (χ0v) is 16.9. The number of rotatable bonds is 4. The number of hydrogen-bond donors (Lipinski definition) is 1. The first-order valence-electron chi connectivity index (χ1n) is 9.19. The first-order valence-corrected chi connectivity index (χ1v) is 9.56. The van der Waals surface area contributed by atoms with Crippen molar-refractivity contribution in [1.29, 1.82) is 0 Å². The van der Waals surface area contributed by atoms with Crippen LogP contribution in [-0.2, 0) is 20.7 Å². The highest BCUT2D eigenvalue weighted by Crippen LogP contribution is 2.20. The van der Waals surface area contributed by atoms with Gasteiger partial charge in [0.15, 0.2) is 0 Å². The van der Waals surface area contributed by atoms with E-state index in [1.54, 1.807) is 11.0 Å². The standard InChI is InChI=1S/C19H26ClN3O3.ClH/c20-16-3-1-2-14(12-16)13-17(24)22-6-8-23(9-7-22)19(25)18(21)15-4-10-26-11-5-15;/h1-3,12,15,18H,4-11,13,21H2;1H. The van der Waals surface area contributed by atoms with E-state index < -0.39 is 6.04 Å². The molecule has 6 nitrogen and oxygen atoms in total. The van der Waals surface area contributed by atoms with Crippen molar-refractivity contribution in [3.8, 4) is 0 Å². The summed E-state index contributed by atoms with van der Waals surface area (Å²) in [5.41, 5.74) is 7.10. The number of nitrogens with two attached hydrogens (primary N) is 1. The maximum Gasteiger partial charge on any atom is 0.239 e. The number of benzene rings is 1. The summed E-state index contributed by atoms with van der Waals surface area (Å²) in [5, 5.41) is 0.632. The summed E-state index contributed by atoms with van der Waals surface area (Å²) in [6, 6.07) is 6.89. The Morgan fingerprint density at radius 2 is 1.78 bits per heavy atom. The summed E-state index contributed by atoms with van der Waals surface area (Å²) in [6.45, 7) is 3.53. The average molecular weight is 416 g/mol. The summed E-state index contributed by atoms with van der Waals surface area (Å²) in [7, 11) is 0. The zero-order valence-electron chi connectivity index (χ0n) is 15.3. The van der Waals surface area contributed by atoms with Crippen LogP contribution in [0.5, 0.6) is 0 Å². The van der Waals surface area contributed by atoms with E-state index in [4.69, 9.17) is 22.1 Å². The first-order chi connectivity index (χ1) is 12.5. The molecule has 0 spiro atoms. The molecule has 2 aliphatic rings. The number of carbonyl (C=O) groups is 2. The molecule has 0 radical (unpaired) electrons. The summed E-state index contributed by atoms with van der Waals surface area (Å²) in [4.78, 5) is 28.7. The Morgan fingerprint density at radius 1 is 1.15 bits per heavy atom. The highest BCUT2D eigenvalue weighted by atomic mass is 35.5. The summed E-state index contributed by atoms with van der Waals surface area (Å²) in [5.74, 6) is 0.255. The Bertz CT molecular complexity index is 645. The van der Waals surface area contributed by atoms with Gasteiger partial charge in [0, 0.05) is 44.4 Å². The number of ether oxygens (including phenoxy) is 1. The van der Waals surface area contributed by atoms with Crippen molar-refractivity contribution in [2.24, 2.45) is 11.7 Å². The van der Waals surface area contributed by atoms with Crippen LogP contribution < -0.4 is 5.73 Å². The minimum absolute atomic E-state index is 0. The lowest BCUT2D eigenvalue weighted by molar-refractivity contribution is -0.141. The van der Waals surface area contributed by atoms with Gasteiger partial charge in [-0.2, -0.15) is 0 Å². The van der Waals surface area contributed by atoms with Crippen LogP contribution in [-0.4, -0.2) is 67.0 Å². The average Bonchev–Trinajstić information content (AvgIpc) is 2.67. The van der Waals surface area contributed by atoms with Crippen LogP contribution >= 0.6 is 24.0 Å². The van der Waals surface area contributed by atoms with Crippen LogP contribution in [0.3, 0.4) is 0 Å². The highest BCUT2D eigenvalue weighted by Gasteiger charge is 2.32. The Kier molecular flexibility index (Phi) is 8.35. The van der Waals surface area contributed by atoms with Crippen molar-refractivity contribution in [3.63, 3.8) is 0 Å². The van der Waals surface area contributed by atoms with Crippen molar-refractivity contribution in [3.05, 3.63) is 34.9 Å². The molecule has 0 aromatic heterocycles. The minimum Gasteiger partial charge on any atom is -0.381 e. The fourth-order valence-corrected chi connectivity index (χ4v) is 3.81. The Balaban J connectivity index is 0.00000261. The minimum atomic E-state index is -0.465. The third-order valence-electron chi connectivity index (χ3n) is 5.25. The van der Waals surface area contributed by atoms with Crippen LogP contribution in [0.15, 0.2) is 24.3 Å². The van der Waals surface area contributed by atoms with Crippen molar-refractivity contribution in [2.45, 2.75) is 25.3 Å². The molecule has 0 bridgehead atoms. The second kappa shape index (κ2) is 10.3. The summed E-state index contributed by atoms with van der Waals surface area (Å²) < 4.78 is 5.34. The SMILES string of the molecule is Cl.NC(C(=O)N1CCN(C(=O)Cc2cccc(Cl)c2)CC1)C1CCOCC1. The van der Waals surface area contributed by atoms with Gasteiger partial charge in [-0.25, -0.2) is 0 Å². The Hall–Kier alpha value is -1.34. The van der Waals surface area contributed by atoms with Gasteiger partial charge >= 0.3 is 0 Å². The van der Waals surface area contributed by atoms with Crippen LogP contribution in [0, 0.1) is 5.92 Å². The second-order valence-corrected chi connectivity index (χ2v) is 7.42. The molecular formula is C19H27Cl2N3O3. The maximum absolute atomic E-state index is 12.6. The fourth-order valence-electron chi connectivity index (χ4n) is 3.60. The molecule has 2 fully saturated rings. The Labute approximate surface area is 171 Å². The van der Waals surface area contributed by atoms with E-state index in [0.29, 0.717) is 50.8 Å². The van der Waals surface area contributed by atoms with Gasteiger partial charge in [0.2, 0.25) is 11.8 Å². The molecule has 0 saturated carbocycles. The molecule has 1 aromatic carbocycles. The molecular weight excluding hydrogens is 389 g/mol. The molecule has 3 rings (SSSR count). The summed E-state index contributed by atoms with van der Waals surface area (Å²) >= 11 is 5.97. The topological polar surface area (TPSA) is 75.9 Å². The number of nitrogens with zero attached hydrogens (tertiary/aromatic N) is 2. The van der Waals surface area contributed by atoms with Crippen LogP contribution in [0.1, 0.15) is 18.4 Å². The molecule has 2 aliphatic heterocycles. The van der Waals surface area contributed by atoms with Gasteiger partial charge in [0.1, 0.15) is 0 Å². The van der Waals surface area contributed by atoms with Gasteiger partial charge in [-0.05, 0) is 36.5 Å². The molecule has 27 heavy (non-hydrogen) atoms. The van der Waals surface area contributed by atoms with Crippen molar-refractivity contribution < 1.29 is 14.3 Å². The van der Waals surface area contributed by atoms with Gasteiger partial charge in [0.25, 0.3) is 0 Å². The lowest BCUT2D eigenvalue weighted by Crippen LogP contribution is -2.56. The van der Waals surface area contributed by atoms with Gasteiger partial charge in [-0.3, -0.25) is 9.59 Å². The smallest absolute Gasteiger partial charge is 0.239 e. The van der Waals surface area contributed by atoms with Gasteiger partial charge in [0.05, 0.1) is 12.5 Å². The second-order valence-electron chi connectivity index (χ2n) is 6.99. The van der Waals surface area contributed by atoms with Crippen molar-refractivity contribution in [1.82, 2.24) is 9.80 Å². The van der Waals surface area contributed by atoms with Gasteiger partial charge in [-0.1, -0.05) is 23.7 Å². The highest BCUT2D eigenvalue weighted by molar-refractivity contribution is 6.30. The van der Waals surface area contributed by atoms with E-state index in [0.717, 1.165) is 18.4 Å². The molecule has 150 valence electrons. The van der Waals surface area contributed by atoms with Gasteiger partial charge < -0.3 is 20.3 Å². The molecule has 2 saturated heterocycles. The van der Waals surface area contributed by atoms with Crippen molar-refractivity contribution in [2.75, 3.05) is 39.4 Å². The lowest BCUT2D eigenvalue weighted by Gasteiger charge is -2.37.